The summed E-state index contributed by atoms with van der Waals surface area (Å²) in [5.41, 5.74) is 9.75. The van der Waals surface area contributed by atoms with Gasteiger partial charge in [-0.25, -0.2) is 0 Å². The van der Waals surface area contributed by atoms with Crippen LogP contribution in [0, 0.1) is 0 Å². The highest BCUT2D eigenvalue weighted by Gasteiger charge is 2.51. The van der Waals surface area contributed by atoms with Crippen molar-refractivity contribution in [2.24, 2.45) is 0 Å². The highest BCUT2D eigenvalue weighted by Crippen LogP contribution is 2.63. The van der Waals surface area contributed by atoms with E-state index in [1.54, 1.807) is 0 Å². The van der Waals surface area contributed by atoms with Crippen LogP contribution < -0.4 is 0 Å². The van der Waals surface area contributed by atoms with Crippen molar-refractivity contribution in [1.29, 1.82) is 0 Å². The zero-order chi connectivity index (χ0) is 17.8. The van der Waals surface area contributed by atoms with Crippen molar-refractivity contribution >= 4 is 37.9 Å². The predicted molar refractivity (Wildman–Crippen MR) is 112 cm³/mol. The molecular weight excluding hydrogens is 396 g/mol. The Labute approximate surface area is 164 Å². The van der Waals surface area contributed by atoms with Gasteiger partial charge in [-0.05, 0) is 61.4 Å². The molecule has 0 N–H and O–H groups in total. The topological polar surface area (TPSA) is 13.1 Å². The molecule has 4 aromatic carbocycles. The summed E-state index contributed by atoms with van der Waals surface area (Å²) in [6.45, 7) is 0. The lowest BCUT2D eigenvalue weighted by Crippen LogP contribution is -2.26. The summed E-state index contributed by atoms with van der Waals surface area (Å²) in [5.74, 6) is 0. The molecule has 0 fully saturated rings. The molecule has 0 saturated heterocycles. The molecule has 5 aromatic rings. The average Bonchev–Trinajstić information content (AvgIpc) is 3.34. The first-order valence-electron chi connectivity index (χ1n) is 9.16. The van der Waals surface area contributed by atoms with Crippen molar-refractivity contribution in [3.63, 3.8) is 0 Å². The Kier molecular flexibility index (Phi) is 2.39. The zero-order valence-electron chi connectivity index (χ0n) is 14.3. The summed E-state index contributed by atoms with van der Waals surface area (Å²) in [6.07, 6.45) is 0. The molecule has 0 amide bonds. The summed E-state index contributed by atoms with van der Waals surface area (Å²) >= 11 is 3.70. The van der Waals surface area contributed by atoms with Crippen LogP contribution in [0.4, 0.5) is 0 Å². The summed E-state index contributed by atoms with van der Waals surface area (Å²) in [6, 6.07) is 28.6. The Hall–Kier alpha value is -2.84. The lowest BCUT2D eigenvalue weighted by molar-refractivity contribution is 0.662. The standard InChI is InChI=1S/C25H13BrO/c26-20-13-12-19-23-22-18(10-5-11-21(22)27-24(20)23)25(19)16-8-3-1-6-14(16)15-7-2-4-9-17(15)25/h1-13H. The third kappa shape index (κ3) is 1.40. The van der Waals surface area contributed by atoms with Crippen LogP contribution in [-0.2, 0) is 5.41 Å². The molecule has 0 unspecified atom stereocenters. The predicted octanol–water partition coefficient (Wildman–Crippen LogP) is 7.03. The third-order valence-corrected chi connectivity index (χ3v) is 6.98. The van der Waals surface area contributed by atoms with Gasteiger partial charge in [-0.15, -0.1) is 0 Å². The summed E-state index contributed by atoms with van der Waals surface area (Å²) < 4.78 is 7.25. The monoisotopic (exact) mass is 408 g/mol. The first kappa shape index (κ1) is 14.2. The van der Waals surface area contributed by atoms with Crippen molar-refractivity contribution in [2.45, 2.75) is 5.41 Å². The summed E-state index contributed by atoms with van der Waals surface area (Å²) in [4.78, 5) is 0. The number of benzene rings is 4. The number of furan rings is 1. The molecule has 27 heavy (non-hydrogen) atoms. The van der Waals surface area contributed by atoms with Gasteiger partial charge in [0.25, 0.3) is 0 Å². The fourth-order valence-electron chi connectivity index (χ4n) is 5.47. The number of halogens is 1. The maximum atomic E-state index is 6.24. The Morgan fingerprint density at radius 3 is 1.96 bits per heavy atom. The van der Waals surface area contributed by atoms with Crippen LogP contribution in [0.15, 0.2) is 87.8 Å². The van der Waals surface area contributed by atoms with Gasteiger partial charge >= 0.3 is 0 Å². The largest absolute Gasteiger partial charge is 0.455 e. The lowest BCUT2D eigenvalue weighted by Gasteiger charge is -2.31. The third-order valence-electron chi connectivity index (χ3n) is 6.36. The van der Waals surface area contributed by atoms with Crippen LogP contribution in [0.2, 0.25) is 0 Å². The molecule has 2 aliphatic rings. The second-order valence-electron chi connectivity index (χ2n) is 7.42. The smallest absolute Gasteiger partial charge is 0.149 e. The van der Waals surface area contributed by atoms with Crippen molar-refractivity contribution in [3.05, 3.63) is 106 Å². The molecule has 0 bridgehead atoms. The van der Waals surface area contributed by atoms with Crippen LogP contribution >= 0.6 is 15.9 Å². The molecule has 0 saturated carbocycles. The molecule has 0 atom stereocenters. The maximum Gasteiger partial charge on any atom is 0.149 e. The second-order valence-corrected chi connectivity index (χ2v) is 8.28. The molecule has 7 rings (SSSR count). The molecule has 0 radical (unpaired) electrons. The van der Waals surface area contributed by atoms with E-state index in [2.05, 4.69) is 94.8 Å². The molecular formula is C25H13BrO. The fraction of sp³-hybridized carbons (Fsp3) is 0.0400. The van der Waals surface area contributed by atoms with E-state index in [-0.39, 0.29) is 5.41 Å². The van der Waals surface area contributed by atoms with Gasteiger partial charge in [-0.1, -0.05) is 66.7 Å². The molecule has 1 nitrogen and oxygen atoms in total. The second kappa shape index (κ2) is 4.52. The molecule has 1 spiro atoms. The number of hydrogen-bond acceptors (Lipinski definition) is 1. The molecule has 126 valence electrons. The van der Waals surface area contributed by atoms with Gasteiger partial charge in [0.1, 0.15) is 11.2 Å². The van der Waals surface area contributed by atoms with E-state index in [4.69, 9.17) is 4.42 Å². The van der Waals surface area contributed by atoms with E-state index in [1.165, 1.54) is 44.2 Å². The molecule has 0 aliphatic heterocycles. The number of hydrogen-bond donors (Lipinski definition) is 0. The Morgan fingerprint density at radius 2 is 1.22 bits per heavy atom. The number of rotatable bonds is 0. The Bertz CT molecular complexity index is 1390. The van der Waals surface area contributed by atoms with E-state index >= 15 is 0 Å². The average molecular weight is 409 g/mol. The minimum atomic E-state index is -0.257. The number of fused-ring (bicyclic) bond motifs is 7. The quantitative estimate of drug-likeness (QED) is 0.262. The van der Waals surface area contributed by atoms with E-state index in [9.17, 15) is 0 Å². The van der Waals surface area contributed by atoms with Crippen molar-refractivity contribution in [3.8, 4) is 11.1 Å². The van der Waals surface area contributed by atoms with Crippen molar-refractivity contribution in [2.75, 3.05) is 0 Å². The van der Waals surface area contributed by atoms with Gasteiger partial charge in [-0.3, -0.25) is 0 Å². The van der Waals surface area contributed by atoms with Gasteiger partial charge in [0, 0.05) is 10.8 Å². The van der Waals surface area contributed by atoms with Gasteiger partial charge in [0.15, 0.2) is 0 Å². The minimum Gasteiger partial charge on any atom is -0.455 e. The highest BCUT2D eigenvalue weighted by molar-refractivity contribution is 9.10. The van der Waals surface area contributed by atoms with E-state index in [0.717, 1.165) is 15.6 Å². The van der Waals surface area contributed by atoms with E-state index in [0.29, 0.717) is 0 Å². The normalized spacial score (nSPS) is 15.1. The molecule has 1 aromatic heterocycles. The lowest BCUT2D eigenvalue weighted by atomic mass is 9.70. The summed E-state index contributed by atoms with van der Waals surface area (Å²) in [7, 11) is 0. The fourth-order valence-corrected chi connectivity index (χ4v) is 5.89. The Morgan fingerprint density at radius 1 is 0.593 bits per heavy atom. The zero-order valence-corrected chi connectivity index (χ0v) is 15.9. The van der Waals surface area contributed by atoms with Crippen LogP contribution in [0.1, 0.15) is 22.3 Å². The molecule has 1 heterocycles. The van der Waals surface area contributed by atoms with Crippen LogP contribution in [0.5, 0.6) is 0 Å². The van der Waals surface area contributed by atoms with Gasteiger partial charge < -0.3 is 4.42 Å². The van der Waals surface area contributed by atoms with Crippen LogP contribution in [0.25, 0.3) is 33.1 Å². The van der Waals surface area contributed by atoms with E-state index < -0.39 is 0 Å². The Balaban J connectivity index is 1.80. The molecule has 2 heteroatoms. The van der Waals surface area contributed by atoms with Crippen molar-refractivity contribution < 1.29 is 4.42 Å². The molecule has 2 aliphatic carbocycles. The van der Waals surface area contributed by atoms with Gasteiger partial charge in [-0.2, -0.15) is 0 Å². The van der Waals surface area contributed by atoms with Crippen molar-refractivity contribution in [1.82, 2.24) is 0 Å². The van der Waals surface area contributed by atoms with Crippen LogP contribution in [0.3, 0.4) is 0 Å². The van der Waals surface area contributed by atoms with Gasteiger partial charge in [0.05, 0.1) is 9.89 Å². The SMILES string of the molecule is Brc1ccc2c3c1oc1cccc(c13)C21c2ccccc2-c2ccccc21. The first-order valence-corrected chi connectivity index (χ1v) is 9.95. The van der Waals surface area contributed by atoms with Crippen LogP contribution in [-0.4, -0.2) is 0 Å². The van der Waals surface area contributed by atoms with Gasteiger partial charge in [0.2, 0.25) is 0 Å². The van der Waals surface area contributed by atoms with E-state index in [1.807, 2.05) is 0 Å². The first-order chi connectivity index (χ1) is 13.3. The summed E-state index contributed by atoms with van der Waals surface area (Å²) in [5, 5.41) is 2.51. The minimum absolute atomic E-state index is 0.257. The highest BCUT2D eigenvalue weighted by atomic mass is 79.9. The maximum absolute atomic E-state index is 6.24.